The van der Waals surface area contributed by atoms with Crippen molar-refractivity contribution in [2.75, 3.05) is 13.2 Å². The van der Waals surface area contributed by atoms with Gasteiger partial charge in [-0.05, 0) is 132 Å². The van der Waals surface area contributed by atoms with Crippen molar-refractivity contribution in [2.24, 2.45) is 45.3 Å². The Hall–Kier alpha value is -0.200. The zero-order chi connectivity index (χ0) is 26.8. The van der Waals surface area contributed by atoms with Crippen LogP contribution < -0.4 is 5.32 Å². The van der Waals surface area contributed by atoms with E-state index in [1.54, 1.807) is 0 Å². The van der Waals surface area contributed by atoms with Crippen LogP contribution in [0.4, 0.5) is 0 Å². The minimum Gasteiger partial charge on any atom is -0.390 e. The van der Waals surface area contributed by atoms with Gasteiger partial charge in [-0.3, -0.25) is 0 Å². The molecular weight excluding hydrogens is 462 g/mol. The number of aliphatic hydroxyl groups excluding tert-OH is 1. The van der Waals surface area contributed by atoms with E-state index in [-0.39, 0.29) is 34.7 Å². The average molecular weight is 518 g/mol. The van der Waals surface area contributed by atoms with Gasteiger partial charge in [-0.1, -0.05) is 20.8 Å². The van der Waals surface area contributed by atoms with Crippen molar-refractivity contribution in [3.63, 3.8) is 0 Å². The lowest BCUT2D eigenvalue weighted by Gasteiger charge is -2.62. The molecule has 2 heterocycles. The van der Waals surface area contributed by atoms with Gasteiger partial charge in [0.15, 0.2) is 0 Å². The van der Waals surface area contributed by atoms with E-state index < -0.39 is 11.7 Å². The fraction of sp³-hybridized carbons (Fsp3) is 1.00. The maximum Gasteiger partial charge on any atom is 0.112 e. The summed E-state index contributed by atoms with van der Waals surface area (Å²) in [6.07, 6.45) is 8.74. The van der Waals surface area contributed by atoms with E-state index in [2.05, 4.69) is 39.9 Å². The van der Waals surface area contributed by atoms with Crippen LogP contribution in [-0.4, -0.2) is 58.9 Å². The van der Waals surface area contributed by atoms with Crippen LogP contribution >= 0.6 is 0 Å². The number of fused-ring (bicyclic) bond motifs is 4. The van der Waals surface area contributed by atoms with Gasteiger partial charge in [-0.25, -0.2) is 0 Å². The Morgan fingerprint density at radius 2 is 1.73 bits per heavy atom. The lowest BCUT2D eigenvalue weighted by molar-refractivity contribution is -0.215. The molecule has 0 bridgehead atoms. The molecule has 6 fully saturated rings. The van der Waals surface area contributed by atoms with E-state index in [9.17, 15) is 10.2 Å². The van der Waals surface area contributed by atoms with Crippen LogP contribution in [-0.2, 0) is 9.47 Å². The van der Waals surface area contributed by atoms with Crippen molar-refractivity contribution in [1.29, 1.82) is 0 Å². The summed E-state index contributed by atoms with van der Waals surface area (Å²) in [6, 6.07) is 0. The van der Waals surface area contributed by atoms with Crippen LogP contribution in [0.2, 0.25) is 0 Å². The van der Waals surface area contributed by atoms with Crippen LogP contribution in [0.1, 0.15) is 107 Å². The SMILES string of the molecule is CCO[C@@H]([C@H]1C[C@@H](C)[C@H]2[C@H](O1)[C@H](O)[C@@]1(C)[C@@H]3CC[C@H]4C(C)(C)NCCCC45C[C@@]35CC[C@]21C)C(C)(C)O. The summed E-state index contributed by atoms with van der Waals surface area (Å²) in [5.41, 5.74) is -0.00578. The van der Waals surface area contributed by atoms with Crippen molar-refractivity contribution in [1.82, 2.24) is 5.32 Å². The molecule has 212 valence electrons. The fourth-order valence-electron chi connectivity index (χ4n) is 12.4. The Kier molecular flexibility index (Phi) is 5.97. The predicted molar refractivity (Wildman–Crippen MR) is 146 cm³/mol. The first kappa shape index (κ1) is 27.0. The van der Waals surface area contributed by atoms with E-state index in [4.69, 9.17) is 9.47 Å². The lowest BCUT2D eigenvalue weighted by atomic mass is 9.43. The molecule has 4 aliphatic carbocycles. The molecule has 6 aliphatic rings. The first-order valence-electron chi connectivity index (χ1n) is 15.6. The number of rotatable bonds is 4. The molecule has 12 atom stereocenters. The van der Waals surface area contributed by atoms with E-state index in [1.165, 1.54) is 44.9 Å². The maximum absolute atomic E-state index is 12.4. The highest BCUT2D eigenvalue weighted by molar-refractivity contribution is 5.32. The van der Waals surface area contributed by atoms with Gasteiger partial charge in [-0.2, -0.15) is 0 Å². The van der Waals surface area contributed by atoms with E-state index in [0.29, 0.717) is 35.2 Å². The van der Waals surface area contributed by atoms with Crippen molar-refractivity contribution >= 4 is 0 Å². The number of ether oxygens (including phenoxy) is 2. The van der Waals surface area contributed by atoms with E-state index in [1.807, 2.05) is 20.8 Å². The van der Waals surface area contributed by atoms with Crippen molar-refractivity contribution in [3.05, 3.63) is 0 Å². The van der Waals surface area contributed by atoms with Crippen molar-refractivity contribution in [3.8, 4) is 0 Å². The molecule has 6 rings (SSSR count). The number of hydrogen-bond donors (Lipinski definition) is 3. The fourth-order valence-corrected chi connectivity index (χ4v) is 12.4. The van der Waals surface area contributed by atoms with Crippen LogP contribution in [0.3, 0.4) is 0 Å². The molecule has 5 nitrogen and oxygen atoms in total. The molecule has 3 N–H and O–H groups in total. The zero-order valence-corrected chi connectivity index (χ0v) is 24.9. The van der Waals surface area contributed by atoms with Crippen LogP contribution in [0.5, 0.6) is 0 Å². The summed E-state index contributed by atoms with van der Waals surface area (Å²) < 4.78 is 13.0. The molecule has 2 saturated heterocycles. The Labute approximate surface area is 225 Å². The monoisotopic (exact) mass is 517 g/mol. The van der Waals surface area contributed by atoms with Crippen LogP contribution in [0.25, 0.3) is 0 Å². The molecule has 2 aliphatic heterocycles. The zero-order valence-electron chi connectivity index (χ0n) is 24.9. The number of aliphatic hydroxyl groups is 2. The van der Waals surface area contributed by atoms with E-state index >= 15 is 0 Å². The summed E-state index contributed by atoms with van der Waals surface area (Å²) in [4.78, 5) is 0. The lowest BCUT2D eigenvalue weighted by Crippen LogP contribution is -2.59. The molecule has 4 saturated carbocycles. The Morgan fingerprint density at radius 1 is 1.05 bits per heavy atom. The van der Waals surface area contributed by atoms with Gasteiger partial charge in [-0.15, -0.1) is 0 Å². The standard InChI is InChI=1S/C32H55NO4/c1-9-36-26(28(5,6)35)20-17-19(2)23-24(37-20)25(34)30(8)22-12-11-21-27(3,4)33-16-10-13-31(21)18-32(22,31)15-14-29(23,30)7/h19-26,33-35H,9-18H2,1-8H3/t19-,20-,21+,22+,23+,24+,25+,26+,29-,30-,31?,32+/m1/s1. The van der Waals surface area contributed by atoms with Crippen LogP contribution in [0, 0.1) is 45.3 Å². The third-order valence-electron chi connectivity index (χ3n) is 13.8. The van der Waals surface area contributed by atoms with Gasteiger partial charge >= 0.3 is 0 Å². The third kappa shape index (κ3) is 3.27. The molecular formula is C32H55NO4. The minimum absolute atomic E-state index is 0.0718. The predicted octanol–water partition coefficient (Wildman–Crippen LogP) is 5.32. The highest BCUT2D eigenvalue weighted by atomic mass is 16.6. The average Bonchev–Trinajstić information content (AvgIpc) is 3.47. The molecule has 0 radical (unpaired) electrons. The largest absolute Gasteiger partial charge is 0.390 e. The van der Waals surface area contributed by atoms with Gasteiger partial charge in [0, 0.05) is 17.6 Å². The second-order valence-corrected chi connectivity index (χ2v) is 16.0. The van der Waals surface area contributed by atoms with Crippen LogP contribution in [0.15, 0.2) is 0 Å². The molecule has 0 amide bonds. The summed E-state index contributed by atoms with van der Waals surface area (Å²) >= 11 is 0. The summed E-state index contributed by atoms with van der Waals surface area (Å²) in [5.74, 6) is 2.08. The second kappa shape index (κ2) is 8.18. The quantitative estimate of drug-likeness (QED) is 0.471. The Balaban J connectivity index is 1.35. The highest BCUT2D eigenvalue weighted by Gasteiger charge is 2.84. The molecule has 0 aromatic rings. The van der Waals surface area contributed by atoms with Crippen molar-refractivity contribution in [2.45, 2.75) is 142 Å². The summed E-state index contributed by atoms with van der Waals surface area (Å²) in [7, 11) is 0. The first-order chi connectivity index (χ1) is 17.2. The van der Waals surface area contributed by atoms with Gasteiger partial charge < -0.3 is 25.0 Å². The maximum atomic E-state index is 12.4. The minimum atomic E-state index is -0.986. The molecule has 5 heteroatoms. The molecule has 0 aromatic carbocycles. The van der Waals surface area contributed by atoms with Crippen molar-refractivity contribution < 1.29 is 19.7 Å². The van der Waals surface area contributed by atoms with Gasteiger partial charge in [0.05, 0.1) is 23.9 Å². The molecule has 37 heavy (non-hydrogen) atoms. The number of hydrogen-bond acceptors (Lipinski definition) is 5. The molecule has 0 aromatic heterocycles. The highest BCUT2D eigenvalue weighted by Crippen LogP contribution is 2.88. The topological polar surface area (TPSA) is 71.0 Å². The smallest absolute Gasteiger partial charge is 0.112 e. The normalized spacial score (nSPS) is 55.1. The number of nitrogens with one attached hydrogen (secondary N) is 1. The Morgan fingerprint density at radius 3 is 2.41 bits per heavy atom. The van der Waals surface area contributed by atoms with E-state index in [0.717, 1.165) is 18.9 Å². The van der Waals surface area contributed by atoms with Gasteiger partial charge in [0.1, 0.15) is 6.10 Å². The second-order valence-electron chi connectivity index (χ2n) is 16.0. The molecule has 1 unspecified atom stereocenters. The van der Waals surface area contributed by atoms with Gasteiger partial charge in [0.2, 0.25) is 0 Å². The summed E-state index contributed by atoms with van der Waals surface area (Å²) in [6.45, 7) is 19.6. The Bertz CT molecular complexity index is 915. The van der Waals surface area contributed by atoms with Gasteiger partial charge in [0.25, 0.3) is 0 Å². The first-order valence-corrected chi connectivity index (χ1v) is 15.6. The summed E-state index contributed by atoms with van der Waals surface area (Å²) in [5, 5.41) is 27.3. The third-order valence-corrected chi connectivity index (χ3v) is 13.8. The molecule has 2 spiro atoms.